The van der Waals surface area contributed by atoms with E-state index in [-0.39, 0.29) is 11.4 Å². The largest absolute Gasteiger partial charge is 0.478 e. The number of benzene rings is 1. The van der Waals surface area contributed by atoms with Gasteiger partial charge in [0.05, 0.1) is 15.7 Å². The van der Waals surface area contributed by atoms with Crippen molar-refractivity contribution in [3.63, 3.8) is 0 Å². The second kappa shape index (κ2) is 8.25. The maximum Gasteiger partial charge on any atom is 0.339 e. The van der Waals surface area contributed by atoms with E-state index in [4.69, 9.17) is 23.2 Å². The van der Waals surface area contributed by atoms with Crippen molar-refractivity contribution in [3.05, 3.63) is 57.0 Å². The number of anilines is 2. The van der Waals surface area contributed by atoms with Crippen molar-refractivity contribution >= 4 is 51.5 Å². The number of nitrogens with one attached hydrogen (secondary N) is 1. The number of nitrogens with zero attached hydrogens (tertiary/aromatic N) is 2. The number of carbonyl (C=O) groups is 1. The molecule has 0 radical (unpaired) electrons. The molecule has 2 N–H and O–H groups in total. The summed E-state index contributed by atoms with van der Waals surface area (Å²) >= 11 is 13.7. The molecule has 0 amide bonds. The number of aromatic carboxylic acids is 1. The maximum absolute atomic E-state index is 11.4. The van der Waals surface area contributed by atoms with Crippen LogP contribution in [-0.2, 0) is 6.42 Å². The highest BCUT2D eigenvalue weighted by molar-refractivity contribution is 7.16. The predicted molar refractivity (Wildman–Crippen MR) is 111 cm³/mol. The number of hydrogen-bond acceptors (Lipinski definition) is 5. The summed E-state index contributed by atoms with van der Waals surface area (Å²) in [6.07, 6.45) is 2.38. The predicted octanol–water partition coefficient (Wildman–Crippen LogP) is 6.15. The van der Waals surface area contributed by atoms with Gasteiger partial charge in [-0.15, -0.1) is 11.3 Å². The zero-order valence-corrected chi connectivity index (χ0v) is 17.0. The Bertz CT molecular complexity index is 989. The summed E-state index contributed by atoms with van der Waals surface area (Å²) < 4.78 is 0. The Labute approximate surface area is 171 Å². The van der Waals surface area contributed by atoms with Gasteiger partial charge in [0, 0.05) is 16.6 Å². The third kappa shape index (κ3) is 4.58. The number of carboxylic acid groups (broad SMARTS) is 1. The van der Waals surface area contributed by atoms with E-state index in [1.165, 1.54) is 23.6 Å². The molecule has 1 aromatic carbocycles. The number of pyridine rings is 1. The third-order valence-electron chi connectivity index (χ3n) is 3.75. The molecule has 3 rings (SSSR count). The molecule has 140 valence electrons. The molecule has 0 bridgehead atoms. The summed E-state index contributed by atoms with van der Waals surface area (Å²) in [7, 11) is 0. The average Bonchev–Trinajstić information content (AvgIpc) is 2.99. The smallest absolute Gasteiger partial charge is 0.339 e. The van der Waals surface area contributed by atoms with Crippen LogP contribution < -0.4 is 5.32 Å². The van der Waals surface area contributed by atoms with Gasteiger partial charge in [-0.3, -0.25) is 0 Å². The van der Waals surface area contributed by atoms with Crippen LogP contribution in [-0.4, -0.2) is 21.0 Å². The number of aromatic nitrogens is 2. The van der Waals surface area contributed by atoms with Gasteiger partial charge < -0.3 is 10.4 Å². The van der Waals surface area contributed by atoms with E-state index in [0.29, 0.717) is 21.1 Å². The fourth-order valence-electron chi connectivity index (χ4n) is 2.56. The lowest BCUT2D eigenvalue weighted by Crippen LogP contribution is -2.04. The molecule has 8 heteroatoms. The highest BCUT2D eigenvalue weighted by atomic mass is 35.5. The van der Waals surface area contributed by atoms with Crippen molar-refractivity contribution in [2.24, 2.45) is 5.92 Å². The van der Waals surface area contributed by atoms with Crippen LogP contribution >= 0.6 is 34.5 Å². The van der Waals surface area contributed by atoms with Gasteiger partial charge in [0.1, 0.15) is 11.4 Å². The molecule has 0 fully saturated rings. The summed E-state index contributed by atoms with van der Waals surface area (Å²) in [5, 5.41) is 13.9. The van der Waals surface area contributed by atoms with Gasteiger partial charge in [-0.2, -0.15) is 0 Å². The maximum atomic E-state index is 11.4. The first-order valence-corrected chi connectivity index (χ1v) is 9.83. The summed E-state index contributed by atoms with van der Waals surface area (Å²) in [6.45, 7) is 4.26. The standard InChI is InChI=1S/C19H17Cl2N3O2S/c1-10(2)8-15-16(11-5-6-13(20)14(21)9-11)23-19(27-15)24-17-12(18(25)26)4-3-7-22-17/h3-7,9-10H,8H2,1-2H3,(H,25,26)(H,22,23,24). The molecule has 0 saturated carbocycles. The van der Waals surface area contributed by atoms with E-state index >= 15 is 0 Å². The van der Waals surface area contributed by atoms with Gasteiger partial charge in [-0.25, -0.2) is 14.8 Å². The van der Waals surface area contributed by atoms with Crippen LogP contribution in [0.4, 0.5) is 10.9 Å². The Morgan fingerprint density at radius 1 is 1.26 bits per heavy atom. The van der Waals surface area contributed by atoms with E-state index in [1.807, 2.05) is 6.07 Å². The lowest BCUT2D eigenvalue weighted by Gasteiger charge is -2.06. The number of hydrogen-bond donors (Lipinski definition) is 2. The monoisotopic (exact) mass is 421 g/mol. The number of halogens is 2. The van der Waals surface area contributed by atoms with E-state index in [1.54, 1.807) is 18.2 Å². The highest BCUT2D eigenvalue weighted by Gasteiger charge is 2.18. The zero-order chi connectivity index (χ0) is 19.6. The molecule has 3 aromatic rings. The second-order valence-electron chi connectivity index (χ2n) is 6.35. The fourth-order valence-corrected chi connectivity index (χ4v) is 4.06. The van der Waals surface area contributed by atoms with E-state index in [2.05, 4.69) is 29.1 Å². The second-order valence-corrected chi connectivity index (χ2v) is 8.25. The molecule has 27 heavy (non-hydrogen) atoms. The average molecular weight is 422 g/mol. The quantitative estimate of drug-likeness (QED) is 0.498. The van der Waals surface area contributed by atoms with Gasteiger partial charge in [0.2, 0.25) is 0 Å². The van der Waals surface area contributed by atoms with Crippen molar-refractivity contribution in [3.8, 4) is 11.3 Å². The Balaban J connectivity index is 2.02. The first-order valence-electron chi connectivity index (χ1n) is 8.25. The first-order chi connectivity index (χ1) is 12.8. The molecule has 2 heterocycles. The van der Waals surface area contributed by atoms with Crippen LogP contribution in [0.15, 0.2) is 36.5 Å². The molecule has 5 nitrogen and oxygen atoms in total. The normalized spacial score (nSPS) is 11.0. The SMILES string of the molecule is CC(C)Cc1sc(Nc2ncccc2C(=O)O)nc1-c1ccc(Cl)c(Cl)c1. The highest BCUT2D eigenvalue weighted by Crippen LogP contribution is 2.36. The number of thiazole rings is 1. The summed E-state index contributed by atoms with van der Waals surface area (Å²) in [6, 6.07) is 8.49. The Hall–Kier alpha value is -2.15. The van der Waals surface area contributed by atoms with Crippen molar-refractivity contribution < 1.29 is 9.90 Å². The van der Waals surface area contributed by atoms with Crippen molar-refractivity contribution in [1.82, 2.24) is 9.97 Å². The third-order valence-corrected chi connectivity index (χ3v) is 5.48. The topological polar surface area (TPSA) is 75.1 Å². The van der Waals surface area contributed by atoms with Crippen molar-refractivity contribution in [2.75, 3.05) is 5.32 Å². The molecule has 0 atom stereocenters. The van der Waals surface area contributed by atoms with Gasteiger partial charge in [0.25, 0.3) is 0 Å². The minimum atomic E-state index is -1.05. The lowest BCUT2D eigenvalue weighted by molar-refractivity contribution is 0.0697. The van der Waals surface area contributed by atoms with Gasteiger partial charge >= 0.3 is 5.97 Å². The fraction of sp³-hybridized carbons (Fsp3) is 0.211. The summed E-state index contributed by atoms with van der Waals surface area (Å²) in [5.41, 5.74) is 1.76. The van der Waals surface area contributed by atoms with Crippen LogP contribution in [0.25, 0.3) is 11.3 Å². The van der Waals surface area contributed by atoms with Crippen LogP contribution in [0.3, 0.4) is 0 Å². The molecule has 0 aliphatic carbocycles. The first kappa shape index (κ1) is 19.6. The van der Waals surface area contributed by atoms with Crippen LogP contribution in [0, 0.1) is 5.92 Å². The molecular formula is C19H17Cl2N3O2S. The lowest BCUT2D eigenvalue weighted by atomic mass is 10.0. The minimum Gasteiger partial charge on any atom is -0.478 e. The van der Waals surface area contributed by atoms with Crippen LogP contribution in [0.5, 0.6) is 0 Å². The van der Waals surface area contributed by atoms with Crippen LogP contribution in [0.2, 0.25) is 10.0 Å². The summed E-state index contributed by atoms with van der Waals surface area (Å²) in [4.78, 5) is 21.3. The molecule has 0 aliphatic rings. The summed E-state index contributed by atoms with van der Waals surface area (Å²) in [5.74, 6) is -0.353. The molecule has 0 saturated heterocycles. The molecular weight excluding hydrogens is 405 g/mol. The number of carboxylic acids is 1. The minimum absolute atomic E-state index is 0.0918. The van der Waals surface area contributed by atoms with E-state index < -0.39 is 5.97 Å². The van der Waals surface area contributed by atoms with Crippen LogP contribution in [0.1, 0.15) is 29.1 Å². The van der Waals surface area contributed by atoms with Crippen molar-refractivity contribution in [1.29, 1.82) is 0 Å². The molecule has 2 aromatic heterocycles. The zero-order valence-electron chi connectivity index (χ0n) is 14.7. The van der Waals surface area contributed by atoms with Gasteiger partial charge in [-0.1, -0.05) is 43.1 Å². The van der Waals surface area contributed by atoms with Crippen molar-refractivity contribution in [2.45, 2.75) is 20.3 Å². The van der Waals surface area contributed by atoms with E-state index in [0.717, 1.165) is 22.6 Å². The molecule has 0 spiro atoms. The van der Waals surface area contributed by atoms with Gasteiger partial charge in [-0.05, 0) is 36.6 Å². The Kier molecular flexibility index (Phi) is 5.99. The molecule has 0 unspecified atom stereocenters. The van der Waals surface area contributed by atoms with Gasteiger partial charge in [0.15, 0.2) is 5.13 Å². The Morgan fingerprint density at radius 3 is 2.70 bits per heavy atom. The molecule has 0 aliphatic heterocycles. The Morgan fingerprint density at radius 2 is 2.04 bits per heavy atom. The van der Waals surface area contributed by atoms with E-state index in [9.17, 15) is 9.90 Å². The number of rotatable bonds is 6.